The van der Waals surface area contributed by atoms with Crippen molar-refractivity contribution in [2.75, 3.05) is 25.1 Å². The highest BCUT2D eigenvalue weighted by atomic mass is 35.5. The fourth-order valence-electron chi connectivity index (χ4n) is 3.18. The van der Waals surface area contributed by atoms with Crippen molar-refractivity contribution in [3.8, 4) is 11.5 Å². The fourth-order valence-corrected chi connectivity index (χ4v) is 4.17. The molecule has 6 nitrogen and oxygen atoms in total. The highest BCUT2D eigenvalue weighted by molar-refractivity contribution is 7.22. The standard InChI is InChI=1S/C23H24N4O2S.ClH/c1-28-21-14-18(6-7-20(21)29-16-17-8-11-25-12-9-17)15-27(13-10-24)23-26-19-4-2-3-5-22(19)30-23;/h2-9,11-12,14H,10,13,15-16,24H2,1H3;1H. The Labute approximate surface area is 192 Å². The molecule has 2 heterocycles. The van der Waals surface area contributed by atoms with Gasteiger partial charge in [-0.05, 0) is 47.5 Å². The summed E-state index contributed by atoms with van der Waals surface area (Å²) < 4.78 is 12.7. The maximum Gasteiger partial charge on any atom is 0.186 e. The van der Waals surface area contributed by atoms with E-state index in [1.165, 1.54) is 4.70 Å². The lowest BCUT2D eigenvalue weighted by atomic mass is 10.2. The Kier molecular flexibility index (Phi) is 8.06. The molecular weight excluding hydrogens is 432 g/mol. The number of hydrogen-bond donors (Lipinski definition) is 1. The second kappa shape index (κ2) is 10.9. The van der Waals surface area contributed by atoms with Crippen molar-refractivity contribution in [3.63, 3.8) is 0 Å². The number of thiazole rings is 1. The van der Waals surface area contributed by atoms with Crippen LogP contribution < -0.4 is 20.1 Å². The molecule has 0 aliphatic carbocycles. The van der Waals surface area contributed by atoms with E-state index in [9.17, 15) is 0 Å². The number of benzene rings is 2. The van der Waals surface area contributed by atoms with Crippen molar-refractivity contribution in [1.29, 1.82) is 0 Å². The van der Waals surface area contributed by atoms with Crippen LogP contribution in [0.2, 0.25) is 0 Å². The molecule has 0 bridgehead atoms. The summed E-state index contributed by atoms with van der Waals surface area (Å²) in [5.74, 6) is 1.42. The highest BCUT2D eigenvalue weighted by Crippen LogP contribution is 2.32. The normalized spacial score (nSPS) is 10.5. The van der Waals surface area contributed by atoms with Crippen molar-refractivity contribution in [1.82, 2.24) is 9.97 Å². The number of nitrogens with zero attached hydrogens (tertiary/aromatic N) is 3. The first-order chi connectivity index (χ1) is 14.8. The Morgan fingerprint density at radius 1 is 1.00 bits per heavy atom. The molecule has 0 fully saturated rings. The third-order valence-electron chi connectivity index (χ3n) is 4.70. The Balaban J connectivity index is 0.00000272. The van der Waals surface area contributed by atoms with Gasteiger partial charge in [0.25, 0.3) is 0 Å². The van der Waals surface area contributed by atoms with E-state index in [4.69, 9.17) is 20.2 Å². The van der Waals surface area contributed by atoms with Crippen LogP contribution in [0.4, 0.5) is 5.13 Å². The SMILES string of the molecule is COc1cc(CN(CCN)c2nc3ccccc3s2)ccc1OCc1ccncc1.Cl. The molecule has 0 spiro atoms. The van der Waals surface area contributed by atoms with E-state index < -0.39 is 0 Å². The molecule has 162 valence electrons. The summed E-state index contributed by atoms with van der Waals surface area (Å²) in [4.78, 5) is 11.0. The van der Waals surface area contributed by atoms with Crippen LogP contribution in [0.5, 0.6) is 11.5 Å². The number of ether oxygens (including phenoxy) is 2. The van der Waals surface area contributed by atoms with Gasteiger partial charge in [0, 0.05) is 32.0 Å². The van der Waals surface area contributed by atoms with Crippen LogP contribution >= 0.6 is 23.7 Å². The number of fused-ring (bicyclic) bond motifs is 1. The van der Waals surface area contributed by atoms with Gasteiger partial charge in [0.2, 0.25) is 0 Å². The lowest BCUT2D eigenvalue weighted by Crippen LogP contribution is -2.28. The third-order valence-corrected chi connectivity index (χ3v) is 5.79. The molecule has 0 aliphatic heterocycles. The van der Waals surface area contributed by atoms with Crippen molar-refractivity contribution in [2.24, 2.45) is 5.73 Å². The Hall–Kier alpha value is -2.87. The predicted molar refractivity (Wildman–Crippen MR) is 129 cm³/mol. The molecule has 0 saturated carbocycles. The molecule has 2 aromatic heterocycles. The Morgan fingerprint density at radius 2 is 1.81 bits per heavy atom. The number of methoxy groups -OCH3 is 1. The molecule has 0 unspecified atom stereocenters. The lowest BCUT2D eigenvalue weighted by Gasteiger charge is -2.22. The topological polar surface area (TPSA) is 73.5 Å². The summed E-state index contributed by atoms with van der Waals surface area (Å²) in [6.07, 6.45) is 3.51. The van der Waals surface area contributed by atoms with E-state index in [0.717, 1.165) is 28.3 Å². The van der Waals surface area contributed by atoms with Crippen LogP contribution in [0.3, 0.4) is 0 Å². The van der Waals surface area contributed by atoms with Crippen LogP contribution in [-0.2, 0) is 13.2 Å². The Bertz CT molecular complexity index is 1070. The van der Waals surface area contributed by atoms with E-state index in [1.54, 1.807) is 30.8 Å². The third kappa shape index (κ3) is 5.64. The second-order valence-electron chi connectivity index (χ2n) is 6.80. The average molecular weight is 457 g/mol. The first-order valence-corrected chi connectivity index (χ1v) is 10.6. The molecular formula is C23H25ClN4O2S. The van der Waals surface area contributed by atoms with Crippen molar-refractivity contribution >= 4 is 39.1 Å². The minimum Gasteiger partial charge on any atom is -0.493 e. The molecule has 0 radical (unpaired) electrons. The van der Waals surface area contributed by atoms with Gasteiger partial charge in [0.15, 0.2) is 16.6 Å². The second-order valence-corrected chi connectivity index (χ2v) is 7.81. The number of para-hydroxylation sites is 1. The molecule has 2 N–H and O–H groups in total. The van der Waals surface area contributed by atoms with Crippen molar-refractivity contribution in [2.45, 2.75) is 13.2 Å². The summed E-state index contributed by atoms with van der Waals surface area (Å²) in [7, 11) is 1.66. The van der Waals surface area contributed by atoms with Gasteiger partial charge in [-0.1, -0.05) is 29.5 Å². The van der Waals surface area contributed by atoms with Crippen LogP contribution in [-0.4, -0.2) is 30.2 Å². The summed E-state index contributed by atoms with van der Waals surface area (Å²) in [5.41, 5.74) is 9.05. The van der Waals surface area contributed by atoms with Gasteiger partial charge < -0.3 is 20.1 Å². The van der Waals surface area contributed by atoms with Crippen LogP contribution in [0.1, 0.15) is 11.1 Å². The van der Waals surface area contributed by atoms with Crippen LogP contribution in [0, 0.1) is 0 Å². The van der Waals surface area contributed by atoms with Gasteiger partial charge >= 0.3 is 0 Å². The van der Waals surface area contributed by atoms with E-state index >= 15 is 0 Å². The maximum absolute atomic E-state index is 5.95. The van der Waals surface area contributed by atoms with Gasteiger partial charge in [-0.2, -0.15) is 0 Å². The predicted octanol–water partition coefficient (Wildman–Crippen LogP) is 4.67. The van der Waals surface area contributed by atoms with Crippen LogP contribution in [0.25, 0.3) is 10.2 Å². The zero-order valence-corrected chi connectivity index (χ0v) is 18.9. The molecule has 0 saturated heterocycles. The minimum absolute atomic E-state index is 0. The van der Waals surface area contributed by atoms with Gasteiger partial charge in [-0.25, -0.2) is 4.98 Å². The molecule has 8 heteroatoms. The highest BCUT2D eigenvalue weighted by Gasteiger charge is 2.14. The summed E-state index contributed by atoms with van der Waals surface area (Å²) in [6, 6.07) is 18.1. The smallest absolute Gasteiger partial charge is 0.186 e. The molecule has 0 aliphatic rings. The average Bonchev–Trinajstić information content (AvgIpc) is 3.23. The monoisotopic (exact) mass is 456 g/mol. The minimum atomic E-state index is 0. The van der Waals surface area contributed by atoms with Crippen molar-refractivity contribution in [3.05, 3.63) is 78.1 Å². The maximum atomic E-state index is 5.95. The van der Waals surface area contributed by atoms with E-state index in [2.05, 4.69) is 22.0 Å². The molecule has 31 heavy (non-hydrogen) atoms. The number of rotatable bonds is 9. The largest absolute Gasteiger partial charge is 0.493 e. The van der Waals surface area contributed by atoms with Gasteiger partial charge in [0.05, 0.1) is 17.3 Å². The number of anilines is 1. The van der Waals surface area contributed by atoms with Crippen molar-refractivity contribution < 1.29 is 9.47 Å². The first kappa shape index (κ1) is 22.8. The molecule has 4 aromatic rings. The zero-order chi connectivity index (χ0) is 20.8. The number of nitrogens with two attached hydrogens (primary N) is 1. The van der Waals surface area contributed by atoms with E-state index in [1.807, 2.05) is 42.5 Å². The fraction of sp³-hybridized carbons (Fsp3) is 0.217. The zero-order valence-electron chi connectivity index (χ0n) is 17.2. The summed E-state index contributed by atoms with van der Waals surface area (Å²) >= 11 is 1.68. The quantitative estimate of drug-likeness (QED) is 0.394. The summed E-state index contributed by atoms with van der Waals surface area (Å²) in [5, 5.41) is 0.971. The number of hydrogen-bond acceptors (Lipinski definition) is 7. The van der Waals surface area contributed by atoms with Gasteiger partial charge in [0.1, 0.15) is 6.61 Å². The van der Waals surface area contributed by atoms with Gasteiger partial charge in [-0.15, -0.1) is 12.4 Å². The Morgan fingerprint density at radius 3 is 2.55 bits per heavy atom. The summed E-state index contributed by atoms with van der Waals surface area (Å²) in [6.45, 7) is 2.43. The number of pyridine rings is 1. The van der Waals surface area contributed by atoms with Gasteiger partial charge in [-0.3, -0.25) is 4.98 Å². The molecule has 0 amide bonds. The number of aromatic nitrogens is 2. The van der Waals surface area contributed by atoms with E-state index in [0.29, 0.717) is 31.2 Å². The van der Waals surface area contributed by atoms with Crippen LogP contribution in [0.15, 0.2) is 67.0 Å². The molecule has 4 rings (SSSR count). The molecule has 2 aromatic carbocycles. The first-order valence-electron chi connectivity index (χ1n) is 9.76. The lowest BCUT2D eigenvalue weighted by molar-refractivity contribution is 0.284. The molecule has 0 atom stereocenters. The number of halogens is 1. The van der Waals surface area contributed by atoms with E-state index in [-0.39, 0.29) is 12.4 Å².